The van der Waals surface area contributed by atoms with Crippen molar-refractivity contribution in [3.05, 3.63) is 72.4 Å². The Hall–Kier alpha value is -4.07. The molecule has 2 aliphatic heterocycles. The van der Waals surface area contributed by atoms with Crippen molar-refractivity contribution in [1.29, 1.82) is 0 Å². The van der Waals surface area contributed by atoms with Gasteiger partial charge in [-0.3, -0.25) is 9.78 Å². The number of ether oxygens (including phenoxy) is 1. The van der Waals surface area contributed by atoms with Crippen molar-refractivity contribution in [2.75, 3.05) is 11.5 Å². The number of nitrogens with zero attached hydrogens (tertiary/aromatic N) is 6. The number of fused-ring (bicyclic) bond motifs is 3. The lowest BCUT2D eigenvalue weighted by Gasteiger charge is -2.31. The van der Waals surface area contributed by atoms with E-state index in [1.54, 1.807) is 12.5 Å². The highest BCUT2D eigenvalue weighted by atomic mass is 16.5. The molecule has 33 heavy (non-hydrogen) atoms. The van der Waals surface area contributed by atoms with E-state index in [-0.39, 0.29) is 11.9 Å². The third-order valence-corrected chi connectivity index (χ3v) is 6.28. The smallest absolute Gasteiger partial charge is 0.238 e. The molecule has 4 aromatic rings. The Balaban J connectivity index is 1.20. The molecule has 1 amide bonds. The second-order valence-electron chi connectivity index (χ2n) is 8.49. The summed E-state index contributed by atoms with van der Waals surface area (Å²) in [5.74, 6) is 1.52. The summed E-state index contributed by atoms with van der Waals surface area (Å²) in [7, 11) is 1.93. The van der Waals surface area contributed by atoms with Gasteiger partial charge in [0.2, 0.25) is 11.8 Å². The summed E-state index contributed by atoms with van der Waals surface area (Å²) in [5.41, 5.74) is 5.89. The number of hydrogen-bond acceptors (Lipinski definition) is 6. The third kappa shape index (κ3) is 3.53. The molecule has 0 unspecified atom stereocenters. The zero-order valence-corrected chi connectivity index (χ0v) is 18.2. The number of rotatable bonds is 4. The summed E-state index contributed by atoms with van der Waals surface area (Å²) in [6.07, 6.45) is 7.43. The Morgan fingerprint density at radius 3 is 2.61 bits per heavy atom. The Labute approximate surface area is 190 Å². The molecule has 1 saturated heterocycles. The second-order valence-corrected chi connectivity index (χ2v) is 8.49. The average Bonchev–Trinajstić information content (AvgIpc) is 3.45. The Morgan fingerprint density at radius 2 is 1.85 bits per heavy atom. The minimum atomic E-state index is 0.125. The molecule has 8 nitrogen and oxygen atoms in total. The highest BCUT2D eigenvalue weighted by Crippen LogP contribution is 2.37. The Kier molecular flexibility index (Phi) is 4.64. The van der Waals surface area contributed by atoms with Gasteiger partial charge in [-0.2, -0.15) is 0 Å². The second kappa shape index (κ2) is 7.81. The molecule has 0 N–H and O–H groups in total. The van der Waals surface area contributed by atoms with E-state index in [9.17, 15) is 4.79 Å². The number of benzene rings is 1. The van der Waals surface area contributed by atoms with Crippen LogP contribution in [0.3, 0.4) is 0 Å². The first-order valence-corrected chi connectivity index (χ1v) is 11.0. The zero-order chi connectivity index (χ0) is 22.4. The zero-order valence-electron chi connectivity index (χ0n) is 18.2. The van der Waals surface area contributed by atoms with Crippen LogP contribution in [-0.2, 0) is 18.3 Å². The van der Waals surface area contributed by atoms with Gasteiger partial charge in [0.25, 0.3) is 0 Å². The summed E-state index contributed by atoms with van der Waals surface area (Å²) >= 11 is 0. The van der Waals surface area contributed by atoms with Gasteiger partial charge < -0.3 is 14.2 Å². The van der Waals surface area contributed by atoms with E-state index in [1.807, 2.05) is 47.0 Å². The molecule has 0 spiro atoms. The predicted octanol–water partition coefficient (Wildman–Crippen LogP) is 3.42. The summed E-state index contributed by atoms with van der Waals surface area (Å²) < 4.78 is 7.66. The van der Waals surface area contributed by atoms with Gasteiger partial charge in [-0.1, -0.05) is 30.3 Å². The van der Waals surface area contributed by atoms with E-state index in [4.69, 9.17) is 4.74 Å². The predicted molar refractivity (Wildman–Crippen MR) is 123 cm³/mol. The Bertz CT molecular complexity index is 1330. The molecule has 3 aromatic heterocycles. The summed E-state index contributed by atoms with van der Waals surface area (Å²) in [4.78, 5) is 23.3. The van der Waals surface area contributed by atoms with E-state index in [1.165, 1.54) is 0 Å². The fourth-order valence-electron chi connectivity index (χ4n) is 4.54. The quantitative estimate of drug-likeness (QED) is 0.485. The number of aryl methyl sites for hydroxylation is 1. The van der Waals surface area contributed by atoms with Gasteiger partial charge in [0.05, 0.1) is 6.04 Å². The maximum atomic E-state index is 12.3. The molecule has 2 aliphatic rings. The molecule has 0 bridgehead atoms. The van der Waals surface area contributed by atoms with E-state index >= 15 is 0 Å². The number of carbonyl (C=O) groups excluding carboxylic acids is 1. The van der Waals surface area contributed by atoms with Gasteiger partial charge in [-0.15, -0.1) is 10.2 Å². The van der Waals surface area contributed by atoms with Crippen LogP contribution in [0.25, 0.3) is 22.5 Å². The van der Waals surface area contributed by atoms with E-state index in [2.05, 4.69) is 38.4 Å². The molecule has 0 saturated carbocycles. The normalized spacial score (nSPS) is 16.9. The molecule has 1 fully saturated rings. The molecular weight excluding hydrogens is 416 g/mol. The lowest BCUT2D eigenvalue weighted by Crippen LogP contribution is -2.40. The van der Waals surface area contributed by atoms with Crippen LogP contribution in [0.4, 0.5) is 5.69 Å². The molecule has 0 aliphatic carbocycles. The average molecular weight is 438 g/mol. The molecule has 8 heteroatoms. The number of aromatic nitrogens is 5. The number of pyridine rings is 2. The number of hydrogen-bond donors (Lipinski definition) is 0. The van der Waals surface area contributed by atoms with Crippen molar-refractivity contribution in [3.63, 3.8) is 0 Å². The van der Waals surface area contributed by atoms with Gasteiger partial charge in [0.1, 0.15) is 18.6 Å². The first-order valence-electron chi connectivity index (χ1n) is 11.0. The van der Waals surface area contributed by atoms with E-state index in [0.717, 1.165) is 45.9 Å². The molecular formula is C25H22N6O2. The maximum absolute atomic E-state index is 12.3. The van der Waals surface area contributed by atoms with Crippen LogP contribution in [0.5, 0.6) is 5.88 Å². The van der Waals surface area contributed by atoms with Crippen molar-refractivity contribution < 1.29 is 9.53 Å². The first kappa shape index (κ1) is 19.6. The molecule has 1 atom stereocenters. The minimum Gasteiger partial charge on any atom is -0.474 e. The summed E-state index contributed by atoms with van der Waals surface area (Å²) in [6, 6.07) is 14.5. The van der Waals surface area contributed by atoms with Gasteiger partial charge in [-0.25, -0.2) is 4.98 Å². The molecule has 1 aromatic carbocycles. The van der Waals surface area contributed by atoms with Gasteiger partial charge in [0.15, 0.2) is 5.82 Å². The van der Waals surface area contributed by atoms with Crippen LogP contribution in [0.2, 0.25) is 0 Å². The van der Waals surface area contributed by atoms with Crippen molar-refractivity contribution in [2.45, 2.75) is 25.3 Å². The van der Waals surface area contributed by atoms with Crippen molar-refractivity contribution in [1.82, 2.24) is 24.7 Å². The van der Waals surface area contributed by atoms with Crippen molar-refractivity contribution >= 4 is 11.6 Å². The van der Waals surface area contributed by atoms with Crippen molar-refractivity contribution in [2.24, 2.45) is 7.05 Å². The number of amides is 1. The van der Waals surface area contributed by atoms with Crippen molar-refractivity contribution in [3.8, 4) is 28.4 Å². The van der Waals surface area contributed by atoms with Crippen LogP contribution in [0, 0.1) is 0 Å². The van der Waals surface area contributed by atoms with Gasteiger partial charge in [-0.05, 0) is 29.7 Å². The molecule has 5 heterocycles. The largest absolute Gasteiger partial charge is 0.474 e. The van der Waals surface area contributed by atoms with Gasteiger partial charge >= 0.3 is 0 Å². The van der Waals surface area contributed by atoms with E-state index in [0.29, 0.717) is 25.3 Å². The van der Waals surface area contributed by atoms with Gasteiger partial charge in [0, 0.05) is 49.1 Å². The topological polar surface area (TPSA) is 86.0 Å². The minimum absolute atomic E-state index is 0.125. The SMILES string of the molecule is Cn1cnnc1-c1ccc(-c2ccc(Cc3cnc4c(c3)N3C(=O)CC[C@H]3CO4)nc2)cc1. The first-order chi connectivity index (χ1) is 16.2. The molecule has 6 rings (SSSR count). The van der Waals surface area contributed by atoms with E-state index < -0.39 is 0 Å². The highest BCUT2D eigenvalue weighted by Gasteiger charge is 2.38. The van der Waals surface area contributed by atoms with Crippen LogP contribution >= 0.6 is 0 Å². The fraction of sp³-hybridized carbons (Fsp3) is 0.240. The summed E-state index contributed by atoms with van der Waals surface area (Å²) in [5, 5.41) is 8.09. The number of carbonyl (C=O) groups is 1. The monoisotopic (exact) mass is 438 g/mol. The highest BCUT2D eigenvalue weighted by molar-refractivity contribution is 5.97. The molecule has 0 radical (unpaired) electrons. The van der Waals surface area contributed by atoms with Crippen LogP contribution in [0.15, 0.2) is 61.2 Å². The standard InChI is InChI=1S/C25H22N6O2/c1-30-15-28-29-24(30)18-4-2-17(3-5-18)19-6-7-20(26-13-19)10-16-11-22-25(27-12-16)33-14-21-8-9-23(32)31(21)22/h2-7,11-13,15,21H,8-10,14H2,1H3/t21-/m0/s1. The Morgan fingerprint density at radius 1 is 1.03 bits per heavy atom. The maximum Gasteiger partial charge on any atom is 0.238 e. The molecule has 164 valence electrons. The lowest BCUT2D eigenvalue weighted by atomic mass is 10.0. The third-order valence-electron chi connectivity index (χ3n) is 6.28. The summed E-state index contributed by atoms with van der Waals surface area (Å²) in [6.45, 7) is 0.522. The van der Waals surface area contributed by atoms with Crippen LogP contribution in [-0.4, -0.2) is 43.3 Å². The van der Waals surface area contributed by atoms with Crippen LogP contribution < -0.4 is 9.64 Å². The van der Waals surface area contributed by atoms with Crippen LogP contribution in [0.1, 0.15) is 24.1 Å². The number of anilines is 1. The lowest BCUT2D eigenvalue weighted by molar-refractivity contribution is -0.117. The fourth-order valence-corrected chi connectivity index (χ4v) is 4.54.